The number of halogens is 2. The quantitative estimate of drug-likeness (QED) is 0.802. The predicted octanol–water partition coefficient (Wildman–Crippen LogP) is 3.72. The second-order valence-corrected chi connectivity index (χ2v) is 5.03. The molecule has 0 aliphatic heterocycles. The molecule has 3 heteroatoms. The molecule has 1 nitrogen and oxygen atoms in total. The van der Waals surface area contributed by atoms with Crippen molar-refractivity contribution in [3.8, 4) is 0 Å². The Labute approximate surface area is 96.6 Å². The second-order valence-electron chi connectivity index (χ2n) is 3.77. The predicted molar refractivity (Wildman–Crippen MR) is 60.7 cm³/mol. The first-order valence-electron chi connectivity index (χ1n) is 4.53. The van der Waals surface area contributed by atoms with E-state index in [1.807, 2.05) is 18.2 Å². The molecule has 1 aromatic rings. The monoisotopic (exact) mass is 272 g/mol. The minimum atomic E-state index is -0.201. The van der Waals surface area contributed by atoms with Crippen LogP contribution in [0.25, 0.3) is 0 Å². The SMILES string of the molecule is CC(=O)C1(c2ccc(Cl)c(Br)c2)CC1. The van der Waals surface area contributed by atoms with Gasteiger partial charge in [0.1, 0.15) is 5.78 Å². The molecule has 1 aromatic carbocycles. The Hall–Kier alpha value is -0.340. The van der Waals surface area contributed by atoms with E-state index < -0.39 is 0 Å². The minimum Gasteiger partial charge on any atom is -0.299 e. The Bertz CT molecular complexity index is 396. The molecule has 0 bridgehead atoms. The first-order valence-corrected chi connectivity index (χ1v) is 5.70. The molecule has 0 spiro atoms. The van der Waals surface area contributed by atoms with Gasteiger partial charge in [0.2, 0.25) is 0 Å². The van der Waals surface area contributed by atoms with E-state index >= 15 is 0 Å². The molecular formula is C11H10BrClO. The van der Waals surface area contributed by atoms with Gasteiger partial charge in [-0.05, 0) is 53.4 Å². The van der Waals surface area contributed by atoms with E-state index in [-0.39, 0.29) is 11.2 Å². The average molecular weight is 274 g/mol. The zero-order valence-electron chi connectivity index (χ0n) is 7.81. The summed E-state index contributed by atoms with van der Waals surface area (Å²) in [5.41, 5.74) is 0.883. The van der Waals surface area contributed by atoms with Crippen molar-refractivity contribution < 1.29 is 4.79 Å². The van der Waals surface area contributed by atoms with Gasteiger partial charge >= 0.3 is 0 Å². The van der Waals surface area contributed by atoms with Crippen LogP contribution in [0.4, 0.5) is 0 Å². The molecule has 1 aliphatic rings. The molecule has 1 saturated carbocycles. The van der Waals surface area contributed by atoms with E-state index in [1.54, 1.807) is 6.92 Å². The van der Waals surface area contributed by atoms with Gasteiger partial charge in [0, 0.05) is 4.47 Å². The molecular weight excluding hydrogens is 263 g/mol. The molecule has 0 atom stereocenters. The summed E-state index contributed by atoms with van der Waals surface area (Å²) in [6.07, 6.45) is 1.94. The van der Waals surface area contributed by atoms with E-state index in [2.05, 4.69) is 15.9 Å². The largest absolute Gasteiger partial charge is 0.299 e. The number of Topliss-reactive ketones (excluding diaryl/α,β-unsaturated/α-hetero) is 1. The van der Waals surface area contributed by atoms with Crippen LogP contribution in [0.1, 0.15) is 25.3 Å². The smallest absolute Gasteiger partial charge is 0.140 e. The highest BCUT2D eigenvalue weighted by molar-refractivity contribution is 9.10. The van der Waals surface area contributed by atoms with E-state index in [0.717, 1.165) is 22.9 Å². The lowest BCUT2D eigenvalue weighted by Gasteiger charge is -2.12. The Morgan fingerprint density at radius 3 is 2.57 bits per heavy atom. The molecule has 74 valence electrons. The zero-order valence-corrected chi connectivity index (χ0v) is 10.2. The number of hydrogen-bond donors (Lipinski definition) is 0. The maximum atomic E-state index is 11.5. The summed E-state index contributed by atoms with van der Waals surface area (Å²) in [5, 5.41) is 0.688. The third kappa shape index (κ3) is 1.51. The standard InChI is InChI=1S/C11H10BrClO/c1-7(14)11(4-5-11)8-2-3-10(13)9(12)6-8/h2-3,6H,4-5H2,1H3. The molecule has 0 unspecified atom stereocenters. The van der Waals surface area contributed by atoms with Crippen LogP contribution in [0.15, 0.2) is 22.7 Å². The van der Waals surface area contributed by atoms with Crippen LogP contribution in [0, 0.1) is 0 Å². The summed E-state index contributed by atoms with van der Waals surface area (Å²) in [6.45, 7) is 1.66. The van der Waals surface area contributed by atoms with Crippen LogP contribution < -0.4 is 0 Å². The van der Waals surface area contributed by atoms with Gasteiger partial charge in [-0.2, -0.15) is 0 Å². The highest BCUT2D eigenvalue weighted by Gasteiger charge is 2.48. The van der Waals surface area contributed by atoms with Crippen molar-refractivity contribution >= 4 is 33.3 Å². The third-order valence-electron chi connectivity index (χ3n) is 2.90. The minimum absolute atomic E-state index is 0.201. The lowest BCUT2D eigenvalue weighted by Crippen LogP contribution is -2.16. The Balaban J connectivity index is 2.43. The third-order valence-corrected chi connectivity index (χ3v) is 4.11. The number of rotatable bonds is 2. The molecule has 0 amide bonds. The van der Waals surface area contributed by atoms with Gasteiger partial charge in [-0.1, -0.05) is 17.7 Å². The number of carbonyl (C=O) groups is 1. The Kier molecular flexibility index (Phi) is 2.44. The highest BCUT2D eigenvalue weighted by atomic mass is 79.9. The number of carbonyl (C=O) groups excluding carboxylic acids is 1. The van der Waals surface area contributed by atoms with E-state index in [9.17, 15) is 4.79 Å². The van der Waals surface area contributed by atoms with E-state index in [0.29, 0.717) is 5.02 Å². The number of hydrogen-bond acceptors (Lipinski definition) is 1. The summed E-state index contributed by atoms with van der Waals surface area (Å²) >= 11 is 9.27. The summed E-state index contributed by atoms with van der Waals surface area (Å²) in [6, 6.07) is 5.74. The molecule has 14 heavy (non-hydrogen) atoms. The fourth-order valence-corrected chi connectivity index (χ4v) is 2.26. The van der Waals surface area contributed by atoms with Gasteiger partial charge in [0.15, 0.2) is 0 Å². The number of benzene rings is 1. The van der Waals surface area contributed by atoms with Crippen LogP contribution in [-0.4, -0.2) is 5.78 Å². The van der Waals surface area contributed by atoms with Crippen molar-refractivity contribution in [3.63, 3.8) is 0 Å². The fourth-order valence-electron chi connectivity index (χ4n) is 1.76. The maximum absolute atomic E-state index is 11.5. The lowest BCUT2D eigenvalue weighted by molar-refractivity contribution is -0.119. The highest BCUT2D eigenvalue weighted by Crippen LogP contribution is 2.49. The molecule has 1 aliphatic carbocycles. The molecule has 0 radical (unpaired) electrons. The Morgan fingerprint density at radius 2 is 2.14 bits per heavy atom. The van der Waals surface area contributed by atoms with Crippen LogP contribution in [0.3, 0.4) is 0 Å². The zero-order chi connectivity index (χ0) is 10.3. The first kappa shape index (κ1) is 10.2. The van der Waals surface area contributed by atoms with Crippen molar-refractivity contribution in [3.05, 3.63) is 33.3 Å². The van der Waals surface area contributed by atoms with Gasteiger partial charge in [0.05, 0.1) is 10.4 Å². The molecule has 1 fully saturated rings. The van der Waals surface area contributed by atoms with Crippen molar-refractivity contribution in [2.45, 2.75) is 25.2 Å². The van der Waals surface area contributed by atoms with Crippen LogP contribution in [0.2, 0.25) is 5.02 Å². The van der Waals surface area contributed by atoms with Gasteiger partial charge in [-0.25, -0.2) is 0 Å². The van der Waals surface area contributed by atoms with Gasteiger partial charge in [-0.3, -0.25) is 4.79 Å². The van der Waals surface area contributed by atoms with Crippen molar-refractivity contribution in [1.82, 2.24) is 0 Å². The van der Waals surface area contributed by atoms with Crippen LogP contribution in [-0.2, 0) is 10.2 Å². The molecule has 0 heterocycles. The van der Waals surface area contributed by atoms with Crippen molar-refractivity contribution in [1.29, 1.82) is 0 Å². The summed E-state index contributed by atoms with van der Waals surface area (Å²) in [4.78, 5) is 11.5. The first-order chi connectivity index (χ1) is 6.56. The van der Waals surface area contributed by atoms with Crippen LogP contribution >= 0.6 is 27.5 Å². The second kappa shape index (κ2) is 3.35. The van der Waals surface area contributed by atoms with E-state index in [4.69, 9.17) is 11.6 Å². The number of ketones is 1. The van der Waals surface area contributed by atoms with Crippen molar-refractivity contribution in [2.75, 3.05) is 0 Å². The van der Waals surface area contributed by atoms with Gasteiger partial charge in [0.25, 0.3) is 0 Å². The fraction of sp³-hybridized carbons (Fsp3) is 0.364. The summed E-state index contributed by atoms with van der Waals surface area (Å²) in [7, 11) is 0. The molecule has 0 aromatic heterocycles. The molecule has 0 saturated heterocycles. The van der Waals surface area contributed by atoms with Gasteiger partial charge in [-0.15, -0.1) is 0 Å². The lowest BCUT2D eigenvalue weighted by atomic mass is 9.92. The van der Waals surface area contributed by atoms with Gasteiger partial charge < -0.3 is 0 Å². The summed E-state index contributed by atoms with van der Waals surface area (Å²) in [5.74, 6) is 0.256. The average Bonchev–Trinajstić information content (AvgIpc) is 2.90. The van der Waals surface area contributed by atoms with Crippen LogP contribution in [0.5, 0.6) is 0 Å². The Morgan fingerprint density at radius 1 is 1.50 bits per heavy atom. The molecule has 2 rings (SSSR count). The van der Waals surface area contributed by atoms with Crippen molar-refractivity contribution in [2.24, 2.45) is 0 Å². The maximum Gasteiger partial charge on any atom is 0.140 e. The normalized spacial score (nSPS) is 17.9. The summed E-state index contributed by atoms with van der Waals surface area (Å²) < 4.78 is 0.865. The topological polar surface area (TPSA) is 17.1 Å². The van der Waals surface area contributed by atoms with E-state index in [1.165, 1.54) is 0 Å². The molecule has 0 N–H and O–H groups in total.